The highest BCUT2D eigenvalue weighted by Crippen LogP contribution is 2.17. The van der Waals surface area contributed by atoms with Gasteiger partial charge < -0.3 is 10.6 Å². The SMILES string of the molecule is O=C(Nc1ccc(F)c(F)c1)c1ccc(Nc2ccc(F)cc2)cn1. The average molecular weight is 343 g/mol. The minimum atomic E-state index is -1.05. The second-order valence-corrected chi connectivity index (χ2v) is 5.15. The molecule has 0 saturated heterocycles. The van der Waals surface area contributed by atoms with E-state index >= 15 is 0 Å². The standard InChI is InChI=1S/C18H12F3N3O/c19-11-1-3-12(4-2-11)23-14-6-8-17(22-10-14)18(25)24-13-5-7-15(20)16(21)9-13/h1-10,23H,(H,24,25). The molecular formula is C18H12F3N3O. The summed E-state index contributed by atoms with van der Waals surface area (Å²) in [5.41, 5.74) is 1.51. The Balaban J connectivity index is 1.67. The van der Waals surface area contributed by atoms with Crippen LogP contribution in [0.25, 0.3) is 0 Å². The molecule has 0 spiro atoms. The third-order valence-electron chi connectivity index (χ3n) is 3.31. The summed E-state index contributed by atoms with van der Waals surface area (Å²) in [5.74, 6) is -2.94. The fraction of sp³-hybridized carbons (Fsp3) is 0. The quantitative estimate of drug-likeness (QED) is 0.734. The van der Waals surface area contributed by atoms with Gasteiger partial charge in [0.25, 0.3) is 5.91 Å². The van der Waals surface area contributed by atoms with Crippen LogP contribution >= 0.6 is 0 Å². The highest BCUT2D eigenvalue weighted by atomic mass is 19.2. The summed E-state index contributed by atoms with van der Waals surface area (Å²) < 4.78 is 38.9. The van der Waals surface area contributed by atoms with Gasteiger partial charge in [0, 0.05) is 17.4 Å². The predicted octanol–water partition coefficient (Wildman–Crippen LogP) is 4.49. The molecule has 1 heterocycles. The molecule has 4 nitrogen and oxygen atoms in total. The summed E-state index contributed by atoms with van der Waals surface area (Å²) >= 11 is 0. The second kappa shape index (κ2) is 7.04. The van der Waals surface area contributed by atoms with Crippen LogP contribution in [0.2, 0.25) is 0 Å². The Morgan fingerprint density at radius 3 is 2.12 bits per heavy atom. The fourth-order valence-corrected chi connectivity index (χ4v) is 2.07. The lowest BCUT2D eigenvalue weighted by Crippen LogP contribution is -2.13. The molecule has 2 aromatic carbocycles. The van der Waals surface area contributed by atoms with Gasteiger partial charge >= 0.3 is 0 Å². The van der Waals surface area contributed by atoms with Crippen molar-refractivity contribution in [2.45, 2.75) is 0 Å². The van der Waals surface area contributed by atoms with E-state index < -0.39 is 17.5 Å². The van der Waals surface area contributed by atoms with E-state index in [4.69, 9.17) is 0 Å². The van der Waals surface area contributed by atoms with Crippen molar-refractivity contribution < 1.29 is 18.0 Å². The largest absolute Gasteiger partial charge is 0.354 e. The van der Waals surface area contributed by atoms with Crippen molar-refractivity contribution in [1.82, 2.24) is 4.98 Å². The van der Waals surface area contributed by atoms with E-state index in [0.29, 0.717) is 11.4 Å². The molecular weight excluding hydrogens is 331 g/mol. The lowest BCUT2D eigenvalue weighted by atomic mass is 10.2. The summed E-state index contributed by atoms with van der Waals surface area (Å²) in [6.45, 7) is 0. The lowest BCUT2D eigenvalue weighted by molar-refractivity contribution is 0.102. The molecule has 0 aliphatic rings. The number of aromatic nitrogens is 1. The Hall–Kier alpha value is -3.35. The first-order valence-electron chi connectivity index (χ1n) is 7.26. The Morgan fingerprint density at radius 2 is 1.48 bits per heavy atom. The van der Waals surface area contributed by atoms with Crippen LogP contribution in [0.1, 0.15) is 10.5 Å². The van der Waals surface area contributed by atoms with Crippen molar-refractivity contribution in [3.8, 4) is 0 Å². The minimum Gasteiger partial charge on any atom is -0.354 e. The lowest BCUT2D eigenvalue weighted by Gasteiger charge is -2.08. The number of carbonyl (C=O) groups excluding carboxylic acids is 1. The topological polar surface area (TPSA) is 54.0 Å². The Morgan fingerprint density at radius 1 is 0.800 bits per heavy atom. The maximum Gasteiger partial charge on any atom is 0.274 e. The first-order chi connectivity index (χ1) is 12.0. The number of hydrogen-bond acceptors (Lipinski definition) is 3. The second-order valence-electron chi connectivity index (χ2n) is 5.15. The molecule has 7 heteroatoms. The van der Waals surface area contributed by atoms with Gasteiger partial charge in [0.15, 0.2) is 11.6 Å². The number of rotatable bonds is 4. The van der Waals surface area contributed by atoms with E-state index in [9.17, 15) is 18.0 Å². The van der Waals surface area contributed by atoms with Gasteiger partial charge in [-0.3, -0.25) is 4.79 Å². The molecule has 0 aliphatic heterocycles. The molecule has 3 rings (SSSR count). The predicted molar refractivity (Wildman–Crippen MR) is 88.2 cm³/mol. The number of amides is 1. The molecule has 2 N–H and O–H groups in total. The van der Waals surface area contributed by atoms with Gasteiger partial charge in [-0.25, -0.2) is 18.2 Å². The molecule has 0 saturated carbocycles. The summed E-state index contributed by atoms with van der Waals surface area (Å²) in [5, 5.41) is 5.44. The Bertz CT molecular complexity index is 896. The van der Waals surface area contributed by atoms with Gasteiger partial charge in [0.2, 0.25) is 0 Å². The zero-order valence-electron chi connectivity index (χ0n) is 12.8. The van der Waals surface area contributed by atoms with Gasteiger partial charge in [-0.05, 0) is 48.5 Å². The van der Waals surface area contributed by atoms with Crippen molar-refractivity contribution >= 4 is 23.0 Å². The Kier molecular flexibility index (Phi) is 4.65. The zero-order valence-corrected chi connectivity index (χ0v) is 12.8. The van der Waals surface area contributed by atoms with Crippen LogP contribution in [0.15, 0.2) is 60.8 Å². The molecule has 0 aliphatic carbocycles. The first kappa shape index (κ1) is 16.5. The number of anilines is 3. The molecule has 0 bridgehead atoms. The molecule has 1 amide bonds. The summed E-state index contributed by atoms with van der Waals surface area (Å²) in [6, 6.07) is 11.9. The number of nitrogens with zero attached hydrogens (tertiary/aromatic N) is 1. The molecule has 0 unspecified atom stereocenters. The highest BCUT2D eigenvalue weighted by molar-refractivity contribution is 6.02. The van der Waals surface area contributed by atoms with Crippen LogP contribution < -0.4 is 10.6 Å². The monoisotopic (exact) mass is 343 g/mol. The van der Waals surface area contributed by atoms with Crippen LogP contribution in [0.3, 0.4) is 0 Å². The van der Waals surface area contributed by atoms with Crippen LogP contribution in [0, 0.1) is 17.5 Å². The number of benzene rings is 2. The maximum absolute atomic E-state index is 13.1. The van der Waals surface area contributed by atoms with Crippen molar-refractivity contribution in [1.29, 1.82) is 0 Å². The number of nitrogens with one attached hydrogen (secondary N) is 2. The maximum atomic E-state index is 13.1. The third kappa shape index (κ3) is 4.14. The molecule has 126 valence electrons. The van der Waals surface area contributed by atoms with E-state index in [2.05, 4.69) is 15.6 Å². The van der Waals surface area contributed by atoms with Crippen molar-refractivity contribution in [2.75, 3.05) is 10.6 Å². The number of pyridine rings is 1. The molecule has 25 heavy (non-hydrogen) atoms. The van der Waals surface area contributed by atoms with E-state index in [1.807, 2.05) is 0 Å². The smallest absolute Gasteiger partial charge is 0.274 e. The summed E-state index contributed by atoms with van der Waals surface area (Å²) in [7, 11) is 0. The third-order valence-corrected chi connectivity index (χ3v) is 3.31. The van der Waals surface area contributed by atoms with Crippen molar-refractivity contribution in [3.05, 3.63) is 83.9 Å². The van der Waals surface area contributed by atoms with Crippen molar-refractivity contribution in [2.24, 2.45) is 0 Å². The highest BCUT2D eigenvalue weighted by Gasteiger charge is 2.10. The van der Waals surface area contributed by atoms with Crippen LogP contribution in [0.4, 0.5) is 30.2 Å². The van der Waals surface area contributed by atoms with Gasteiger partial charge in [0.05, 0.1) is 11.9 Å². The fourth-order valence-electron chi connectivity index (χ4n) is 2.07. The van der Waals surface area contributed by atoms with Crippen LogP contribution in [0.5, 0.6) is 0 Å². The average Bonchev–Trinajstić information content (AvgIpc) is 2.61. The van der Waals surface area contributed by atoms with Crippen molar-refractivity contribution in [3.63, 3.8) is 0 Å². The number of carbonyl (C=O) groups is 1. The van der Waals surface area contributed by atoms with Gasteiger partial charge in [-0.15, -0.1) is 0 Å². The van der Waals surface area contributed by atoms with Crippen LogP contribution in [-0.2, 0) is 0 Å². The van der Waals surface area contributed by atoms with Gasteiger partial charge in [0.1, 0.15) is 11.5 Å². The zero-order chi connectivity index (χ0) is 17.8. The van der Waals surface area contributed by atoms with E-state index in [0.717, 1.165) is 12.1 Å². The van der Waals surface area contributed by atoms with Crippen LogP contribution in [-0.4, -0.2) is 10.9 Å². The normalized spacial score (nSPS) is 10.4. The molecule has 3 aromatic rings. The summed E-state index contributed by atoms with van der Waals surface area (Å²) in [4.78, 5) is 16.1. The molecule has 0 atom stereocenters. The molecule has 1 aromatic heterocycles. The minimum absolute atomic E-state index is 0.106. The summed E-state index contributed by atoms with van der Waals surface area (Å²) in [6.07, 6.45) is 1.43. The van der Waals surface area contributed by atoms with Gasteiger partial charge in [-0.2, -0.15) is 0 Å². The molecule has 0 radical (unpaired) electrons. The number of halogens is 3. The van der Waals surface area contributed by atoms with E-state index in [1.165, 1.54) is 30.5 Å². The van der Waals surface area contributed by atoms with E-state index in [1.54, 1.807) is 18.2 Å². The first-order valence-corrected chi connectivity index (χ1v) is 7.26. The Labute approximate surface area is 141 Å². The molecule has 0 fully saturated rings. The van der Waals surface area contributed by atoms with E-state index in [-0.39, 0.29) is 17.2 Å². The number of hydrogen-bond donors (Lipinski definition) is 2. The van der Waals surface area contributed by atoms with Gasteiger partial charge in [-0.1, -0.05) is 0 Å².